The molecule has 0 bridgehead atoms. The quantitative estimate of drug-likeness (QED) is 0.168. The van der Waals surface area contributed by atoms with Crippen LogP contribution in [0.15, 0.2) is 0 Å². The molecule has 0 N–H and O–H groups in total. The first kappa shape index (κ1) is 898. The van der Waals surface area contributed by atoms with Crippen LogP contribution in [0.2, 0.25) is 0 Å². The van der Waals surface area contributed by atoms with Crippen molar-refractivity contribution in [2.24, 2.45) is 0 Å². The molecule has 0 spiro atoms. The number of hydrogen-bond acceptors (Lipinski definition) is 0. The third-order valence-electron chi connectivity index (χ3n) is 0. The van der Waals surface area contributed by atoms with Crippen LogP contribution in [0.5, 0.6) is 0 Å². The van der Waals surface area contributed by atoms with Crippen LogP contribution in [0.3, 0.4) is 0 Å². The van der Waals surface area contributed by atoms with Crippen molar-refractivity contribution in [1.82, 2.24) is 0 Å². The van der Waals surface area contributed by atoms with Crippen LogP contribution in [0.1, 0.15) is 0 Å². The molecule has 0 unspecified atom stereocenters. The van der Waals surface area contributed by atoms with Crippen molar-refractivity contribution in [1.29, 1.82) is 0 Å². The zero-order valence-electron chi connectivity index (χ0n) is 0.816. The van der Waals surface area contributed by atoms with E-state index in [1.165, 1.54) is 0 Å². The summed E-state index contributed by atoms with van der Waals surface area (Å²) >= 11 is 0. The van der Waals surface area contributed by atoms with Gasteiger partial charge >= 0.3 is 3280 Å². The number of halogens is 2. The van der Waals surface area contributed by atoms with E-state index in [-0.39, 0.29) is 3330 Å². The second-order valence-corrected chi connectivity index (χ2v) is 0. The third kappa shape index (κ3) is 878. The molecule has 0 saturated carbocycles. The maximum atomic E-state index is 0. The Labute approximate surface area is 3200 Å². The summed E-state index contributed by atoms with van der Waals surface area (Å²) in [7, 11) is 0. The minimum absolute atomic E-state index is 0. The van der Waals surface area contributed by atoms with Crippen LogP contribution >= 0.6 is 48.0 Å². The van der Waals surface area contributed by atoms with Gasteiger partial charge in [0.05, 0.1) is 0 Å². The van der Waals surface area contributed by atoms with Crippen molar-refractivity contribution in [2.45, 2.75) is 0 Å². The van der Waals surface area contributed by atoms with E-state index in [1.54, 1.807) is 0 Å². The fourth-order valence-corrected chi connectivity index (χ4v) is 0. The van der Waals surface area contributed by atoms with Crippen molar-refractivity contribution < 1.29 is 0 Å². The first-order valence-electron chi connectivity index (χ1n) is 0. The normalized spacial score (nSPS) is 0. The summed E-state index contributed by atoms with van der Waals surface area (Å²) in [5.74, 6) is 0. The van der Waals surface area contributed by atoms with Crippen molar-refractivity contribution in [3.05, 3.63) is 0 Å². The van der Waals surface area contributed by atoms with E-state index in [2.05, 4.69) is 0 Å². The van der Waals surface area contributed by atoms with Crippen molar-refractivity contribution in [3.63, 3.8) is 0 Å². The Kier molecular flexibility index (Phi) is 7040. The van der Waals surface area contributed by atoms with Crippen LogP contribution in [0, 0.1) is 0 Å². The second kappa shape index (κ2) is 886. The average molecular weight is 2920 g/mol. The van der Waals surface area contributed by atoms with Gasteiger partial charge in [0, 0.05) is 0 Å². The monoisotopic (exact) mass is 2920 g/mol. The predicted octanol–water partition coefficient (Wildman–Crippen LogP) is -70.7. The van der Waals surface area contributed by atoms with E-state index in [0.717, 1.165) is 0 Å². The fourth-order valence-electron chi connectivity index (χ4n) is 0. The van der Waals surface area contributed by atoms with Crippen molar-refractivity contribution in [2.75, 3.05) is 0 Å². The summed E-state index contributed by atoms with van der Waals surface area (Å²) in [6, 6.07) is 0. The van der Waals surface area contributed by atoms with Gasteiger partial charge in [-0.1, -0.05) is 0 Å². The summed E-state index contributed by atoms with van der Waals surface area (Å²) in [6.45, 7) is 0. The first-order valence-corrected chi connectivity index (χ1v) is 0. The van der Waals surface area contributed by atoms with Gasteiger partial charge in [-0.15, -0.1) is 48.0 Å². The van der Waals surface area contributed by atoms with E-state index in [9.17, 15) is 0 Å². The zero-order valence-corrected chi connectivity index (χ0v) is 5.48. The van der Waals surface area contributed by atoms with Crippen molar-refractivity contribution in [3.8, 4) is 0 Å². The van der Waals surface area contributed by atoms with Crippen LogP contribution in [-0.4, -0.2) is 3280 Å². The van der Waals surface area contributed by atoms with Crippen molar-refractivity contribution >= 4 is 3330 Å². The van der Waals surface area contributed by atoms with Crippen LogP contribution in [0.4, 0.5) is 0 Å². The Bertz CT molecular complexity index is 14.5. The van der Waals surface area contributed by atoms with E-state index in [1.807, 2.05) is 0 Å². The number of rotatable bonds is 0. The molecule has 113 heavy (non-hydrogen) atoms. The summed E-state index contributed by atoms with van der Waals surface area (Å²) in [5, 5.41) is 0. The van der Waals surface area contributed by atoms with Gasteiger partial charge in [0.1, 0.15) is 0 Å². The first-order chi connectivity index (χ1) is 0. The molecule has 113 heteroatoms. The fraction of sp³-hybridized carbons (Fsp3) is 0. The molecule has 0 aliphatic carbocycles. The summed E-state index contributed by atoms with van der Waals surface area (Å²) in [6.07, 6.45) is 0. The predicted molar refractivity (Wildman–Crippen MR) is 824 cm³/mol. The summed E-state index contributed by atoms with van der Waals surface area (Å²) in [5.41, 5.74) is 0. The van der Waals surface area contributed by atoms with Gasteiger partial charge < -0.3 is 0 Å². The maximum absolute atomic E-state index is 0. The van der Waals surface area contributed by atoms with Gasteiger partial charge in [0.25, 0.3) is 0 Å². The molecule has 0 heterocycles. The topological polar surface area (TPSA) is 0 Å². The molecule has 0 aliphatic heterocycles. The Balaban J connectivity index is 0. The van der Waals surface area contributed by atoms with Gasteiger partial charge in [-0.2, -0.15) is 0 Å². The minimum atomic E-state index is 0. The standard InChI is InChI=1S/2HI.111Na.111H/h2*1H;;;;;;;;;;;;;;;;;;;;;;;;;;;;;;;;;;;;;;;;;;;;;;;;;;;;;;;;;;;;;;;;;;;;;;;;;;;;;;;;;;;;;;;;;;;;;;;;;;;;;;;;;;;;;;;;;;;;;;;;;;;;;;;;;;;;;;;;;;;;;;;;;;;;;;;;;;;;;;;;;;;;;;;;;;;;;;;;;;;;;;;;;;;;;;;;;;;;;;;;;;;;;;;;;;;;;;;;;;;;;;. The Morgan fingerprint density at radius 2 is 0.0177 bits per heavy atom. The van der Waals surface area contributed by atoms with E-state index in [0.29, 0.717) is 0 Å². The molecule has 0 aromatic heterocycles. The van der Waals surface area contributed by atoms with Gasteiger partial charge in [-0.3, -0.25) is 0 Å². The summed E-state index contributed by atoms with van der Waals surface area (Å²) in [4.78, 5) is 0. The molecule has 0 aliphatic rings. The Morgan fingerprint density at radius 3 is 0.0177 bits per heavy atom. The molecule has 0 fully saturated rings. The SMILES string of the molecule is I.I.[NaH].[NaH].[NaH].[NaH].[NaH].[NaH].[NaH].[NaH].[NaH].[NaH].[NaH].[NaH].[NaH].[NaH].[NaH].[NaH].[NaH].[NaH].[NaH].[NaH].[NaH].[NaH].[NaH].[NaH].[NaH].[NaH].[NaH].[NaH].[NaH].[NaH].[NaH].[NaH].[NaH].[NaH].[NaH].[NaH].[NaH].[NaH].[NaH].[NaH].[NaH].[NaH].[NaH].[NaH].[NaH].[NaH].[NaH].[NaH].[NaH].[NaH].[NaH].[NaH].[NaH].[NaH].[NaH].[NaH].[NaH].[NaH].[NaH].[NaH].[NaH].[NaH].[NaH].[NaH].[NaH].[NaH].[NaH].[NaH].[NaH].[NaH].[NaH].[NaH].[NaH].[NaH].[NaH].[NaH].[NaH].[NaH].[NaH].[NaH].[NaH].[NaH].[NaH].[NaH].[NaH].[NaH].[NaH].[NaH].[NaH].[NaH].[NaH].[NaH].[NaH].[NaH].[NaH].[NaH].[NaH].[NaH].[NaH].[NaH].[NaH].[NaH].[NaH].[NaH].[NaH].[NaH].[NaH].[NaH].[NaH].[NaH].[NaH]. The molecular weight excluding hydrogens is 2810 g/mol. The molecule has 0 rings (SSSR count). The molecule has 0 radical (unpaired) electrons. The van der Waals surface area contributed by atoms with Crippen LogP contribution in [-0.2, 0) is 0 Å². The molecule has 0 aromatic carbocycles. The average Bonchev–Trinajstić information content (AvgIpc) is 0. The molecular formula is H113I2Na111. The van der Waals surface area contributed by atoms with Gasteiger partial charge in [0.2, 0.25) is 0 Å². The zero-order chi connectivity index (χ0) is 0. The van der Waals surface area contributed by atoms with E-state index in [4.69, 9.17) is 0 Å². The second-order valence-electron chi connectivity index (χ2n) is 0. The Morgan fingerprint density at radius 1 is 0.0177 bits per heavy atom. The molecule has 0 saturated heterocycles. The Hall–Kier alpha value is 112. The van der Waals surface area contributed by atoms with Crippen LogP contribution in [0.25, 0.3) is 0 Å². The van der Waals surface area contributed by atoms with Gasteiger partial charge in [0.15, 0.2) is 0 Å². The van der Waals surface area contributed by atoms with Gasteiger partial charge in [-0.25, -0.2) is 0 Å². The molecule has 238 valence electrons. The van der Waals surface area contributed by atoms with Crippen LogP contribution < -0.4 is 0 Å². The molecule has 0 amide bonds. The van der Waals surface area contributed by atoms with E-state index < -0.39 is 0 Å². The third-order valence-corrected chi connectivity index (χ3v) is 0. The number of hydrogen-bond donors (Lipinski definition) is 0. The molecule has 0 nitrogen and oxygen atoms in total. The summed E-state index contributed by atoms with van der Waals surface area (Å²) < 4.78 is 0. The molecule has 0 atom stereocenters. The van der Waals surface area contributed by atoms with Gasteiger partial charge in [-0.05, 0) is 0 Å². The molecule has 0 aromatic rings. The van der Waals surface area contributed by atoms with E-state index >= 15 is 0 Å².